The first-order valence-corrected chi connectivity index (χ1v) is 7.63. The van der Waals surface area contributed by atoms with Gasteiger partial charge in [0.25, 0.3) is 0 Å². The van der Waals surface area contributed by atoms with Crippen LogP contribution in [0.2, 0.25) is 0 Å². The first-order valence-electron chi connectivity index (χ1n) is 6.75. The number of rotatable bonds is 4. The molecule has 2 heterocycles. The molecule has 0 radical (unpaired) electrons. The Morgan fingerprint density at radius 3 is 2.58 bits per heavy atom. The van der Waals surface area contributed by atoms with Gasteiger partial charge in [-0.05, 0) is 34.1 Å². The number of nitrogens with zero attached hydrogens (tertiary/aromatic N) is 2. The van der Waals surface area contributed by atoms with E-state index >= 15 is 0 Å². The zero-order valence-electron chi connectivity index (χ0n) is 12.8. The number of hydrogen-bond donors (Lipinski definition) is 1. The molecule has 0 amide bonds. The number of ether oxygens (including phenoxy) is 1. The third-order valence-corrected chi connectivity index (χ3v) is 4.58. The standard InChI is InChI=1S/C14H25N3OS/c1-13(2)7-11(14(3,4)18-13)15-8-10-9-19-12(16-10)17(5)6/h9,11,15H,7-8H2,1-6H3. The van der Waals surface area contributed by atoms with E-state index < -0.39 is 0 Å². The van der Waals surface area contributed by atoms with Gasteiger partial charge in [0.2, 0.25) is 0 Å². The highest BCUT2D eigenvalue weighted by molar-refractivity contribution is 7.13. The molecule has 5 heteroatoms. The Bertz CT molecular complexity index is 440. The SMILES string of the molecule is CN(C)c1nc(CNC2CC(C)(C)OC2(C)C)cs1. The molecule has 0 saturated carbocycles. The van der Waals surface area contributed by atoms with Crippen LogP contribution in [0.1, 0.15) is 39.8 Å². The predicted molar refractivity (Wildman–Crippen MR) is 80.9 cm³/mol. The molecule has 1 aliphatic rings. The van der Waals surface area contributed by atoms with Crippen LogP contribution in [0.25, 0.3) is 0 Å². The summed E-state index contributed by atoms with van der Waals surface area (Å²) in [6.45, 7) is 9.43. The van der Waals surface area contributed by atoms with Gasteiger partial charge >= 0.3 is 0 Å². The van der Waals surface area contributed by atoms with E-state index in [0.29, 0.717) is 6.04 Å². The maximum atomic E-state index is 6.09. The largest absolute Gasteiger partial charge is 0.368 e. The molecule has 0 spiro atoms. The average Bonchev–Trinajstić information content (AvgIpc) is 2.77. The molecule has 0 bridgehead atoms. The van der Waals surface area contributed by atoms with Gasteiger partial charge < -0.3 is 15.0 Å². The van der Waals surface area contributed by atoms with E-state index in [4.69, 9.17) is 4.74 Å². The fourth-order valence-corrected chi connectivity index (χ4v) is 3.45. The second kappa shape index (κ2) is 5.04. The number of nitrogens with one attached hydrogen (secondary N) is 1. The highest BCUT2D eigenvalue weighted by atomic mass is 32.1. The maximum Gasteiger partial charge on any atom is 0.185 e. The van der Waals surface area contributed by atoms with Crippen molar-refractivity contribution in [1.82, 2.24) is 10.3 Å². The van der Waals surface area contributed by atoms with Crippen LogP contribution in [0.15, 0.2) is 5.38 Å². The van der Waals surface area contributed by atoms with Gasteiger partial charge in [-0.1, -0.05) is 0 Å². The third kappa shape index (κ3) is 3.46. The van der Waals surface area contributed by atoms with Gasteiger partial charge in [-0.25, -0.2) is 4.98 Å². The monoisotopic (exact) mass is 283 g/mol. The lowest BCUT2D eigenvalue weighted by Crippen LogP contribution is -2.43. The van der Waals surface area contributed by atoms with Crippen molar-refractivity contribution in [2.75, 3.05) is 19.0 Å². The summed E-state index contributed by atoms with van der Waals surface area (Å²) in [4.78, 5) is 6.64. The van der Waals surface area contributed by atoms with Crippen LogP contribution in [-0.4, -0.2) is 36.3 Å². The summed E-state index contributed by atoms with van der Waals surface area (Å²) in [7, 11) is 4.04. The van der Waals surface area contributed by atoms with Gasteiger partial charge in [0.1, 0.15) is 0 Å². The van der Waals surface area contributed by atoms with Crippen molar-refractivity contribution in [2.45, 2.75) is 57.9 Å². The van der Waals surface area contributed by atoms with Crippen LogP contribution in [0.3, 0.4) is 0 Å². The highest BCUT2D eigenvalue weighted by Gasteiger charge is 2.45. The number of hydrogen-bond acceptors (Lipinski definition) is 5. The number of thiazole rings is 1. The second-order valence-electron chi connectivity index (χ2n) is 6.62. The lowest BCUT2D eigenvalue weighted by atomic mass is 9.94. The minimum absolute atomic E-state index is 0.0436. The molecule has 0 aliphatic carbocycles. The Morgan fingerprint density at radius 2 is 2.11 bits per heavy atom. The van der Waals surface area contributed by atoms with Crippen LogP contribution >= 0.6 is 11.3 Å². The number of anilines is 1. The summed E-state index contributed by atoms with van der Waals surface area (Å²) < 4.78 is 6.09. The molecule has 0 aromatic carbocycles. The molecule has 2 rings (SSSR count). The third-order valence-electron chi connectivity index (χ3n) is 3.53. The summed E-state index contributed by atoms with van der Waals surface area (Å²) >= 11 is 1.68. The Labute approximate surface area is 120 Å². The molecule has 1 N–H and O–H groups in total. The fraction of sp³-hybridized carbons (Fsp3) is 0.786. The zero-order chi connectivity index (χ0) is 14.3. The van der Waals surface area contributed by atoms with Crippen LogP contribution in [0.5, 0.6) is 0 Å². The summed E-state index contributed by atoms with van der Waals surface area (Å²) in [6, 6.07) is 0.368. The molecule has 1 fully saturated rings. The zero-order valence-corrected chi connectivity index (χ0v) is 13.6. The van der Waals surface area contributed by atoms with Gasteiger partial charge in [0.15, 0.2) is 5.13 Å². The first-order chi connectivity index (χ1) is 8.70. The van der Waals surface area contributed by atoms with E-state index in [1.54, 1.807) is 11.3 Å². The Kier molecular flexibility index (Phi) is 3.91. The van der Waals surface area contributed by atoms with E-state index in [9.17, 15) is 0 Å². The minimum atomic E-state index is -0.121. The summed E-state index contributed by atoms with van der Waals surface area (Å²) in [5, 5.41) is 6.77. The van der Waals surface area contributed by atoms with Gasteiger partial charge in [0, 0.05) is 32.1 Å². The Morgan fingerprint density at radius 1 is 1.42 bits per heavy atom. The topological polar surface area (TPSA) is 37.4 Å². The van der Waals surface area contributed by atoms with Crippen molar-refractivity contribution >= 4 is 16.5 Å². The van der Waals surface area contributed by atoms with Crippen molar-refractivity contribution in [2.24, 2.45) is 0 Å². The van der Waals surface area contributed by atoms with Crippen LogP contribution in [0, 0.1) is 0 Å². The van der Waals surface area contributed by atoms with Crippen LogP contribution in [0.4, 0.5) is 5.13 Å². The van der Waals surface area contributed by atoms with Crippen molar-refractivity contribution in [3.05, 3.63) is 11.1 Å². The molecule has 1 atom stereocenters. The first kappa shape index (κ1) is 14.8. The molecule has 4 nitrogen and oxygen atoms in total. The van der Waals surface area contributed by atoms with Gasteiger partial charge in [0.05, 0.1) is 16.9 Å². The maximum absolute atomic E-state index is 6.09. The lowest BCUT2D eigenvalue weighted by molar-refractivity contribution is -0.0699. The highest BCUT2D eigenvalue weighted by Crippen LogP contribution is 2.37. The summed E-state index contributed by atoms with van der Waals surface area (Å²) in [5.74, 6) is 0. The second-order valence-corrected chi connectivity index (χ2v) is 7.46. The average molecular weight is 283 g/mol. The summed E-state index contributed by atoms with van der Waals surface area (Å²) in [5.41, 5.74) is 0.941. The van der Waals surface area contributed by atoms with E-state index in [2.05, 4.69) is 43.4 Å². The Hall–Kier alpha value is -0.650. The van der Waals surface area contributed by atoms with Crippen molar-refractivity contribution in [3.63, 3.8) is 0 Å². The van der Waals surface area contributed by atoms with Crippen molar-refractivity contribution in [1.29, 1.82) is 0 Å². The quantitative estimate of drug-likeness (QED) is 0.922. The molecule has 108 valence electrons. The molecular formula is C14H25N3OS. The van der Waals surface area contributed by atoms with Gasteiger partial charge in [-0.3, -0.25) is 0 Å². The van der Waals surface area contributed by atoms with Crippen molar-refractivity contribution < 1.29 is 4.74 Å². The molecule has 19 heavy (non-hydrogen) atoms. The molecule has 1 aromatic heterocycles. The molecule has 1 aromatic rings. The fourth-order valence-electron chi connectivity index (χ4n) is 2.69. The van der Waals surface area contributed by atoms with Crippen LogP contribution in [-0.2, 0) is 11.3 Å². The number of aromatic nitrogens is 1. The lowest BCUT2D eigenvalue weighted by Gasteiger charge is -2.27. The predicted octanol–water partition coefficient (Wildman–Crippen LogP) is 2.64. The molecule has 1 aliphatic heterocycles. The van der Waals surface area contributed by atoms with E-state index in [1.807, 2.05) is 19.0 Å². The molecular weight excluding hydrogens is 258 g/mol. The van der Waals surface area contributed by atoms with Gasteiger partial charge in [-0.2, -0.15) is 0 Å². The van der Waals surface area contributed by atoms with E-state index in [-0.39, 0.29) is 11.2 Å². The van der Waals surface area contributed by atoms with Crippen LogP contribution < -0.4 is 10.2 Å². The molecule has 1 saturated heterocycles. The minimum Gasteiger partial charge on any atom is -0.368 e. The van der Waals surface area contributed by atoms with Crippen molar-refractivity contribution in [3.8, 4) is 0 Å². The summed E-state index contributed by atoms with van der Waals surface area (Å²) in [6.07, 6.45) is 1.03. The smallest absolute Gasteiger partial charge is 0.185 e. The van der Waals surface area contributed by atoms with E-state index in [0.717, 1.165) is 23.8 Å². The Balaban J connectivity index is 1.95. The van der Waals surface area contributed by atoms with Gasteiger partial charge in [-0.15, -0.1) is 11.3 Å². The molecule has 1 unspecified atom stereocenters. The normalized spacial score (nSPS) is 24.6. The van der Waals surface area contributed by atoms with E-state index in [1.165, 1.54) is 0 Å².